The molecule has 16 heavy (non-hydrogen) atoms. The Kier molecular flexibility index (Phi) is 3.63. The normalized spacial score (nSPS) is 10.9. The zero-order chi connectivity index (χ0) is 11.5. The summed E-state index contributed by atoms with van der Waals surface area (Å²) in [5.41, 5.74) is 1.31. The quantitative estimate of drug-likeness (QED) is 0.910. The Morgan fingerprint density at radius 1 is 1.56 bits per heavy atom. The van der Waals surface area contributed by atoms with Crippen LogP contribution in [0, 0.1) is 6.92 Å². The monoisotopic (exact) mass is 255 g/mol. The molecule has 0 saturated heterocycles. The molecule has 0 aliphatic carbocycles. The van der Waals surface area contributed by atoms with Crippen LogP contribution < -0.4 is 5.32 Å². The molecule has 0 radical (unpaired) electrons. The van der Waals surface area contributed by atoms with Crippen LogP contribution in [0.15, 0.2) is 18.5 Å². The SMILES string of the molecule is CNCc1cc(Cn2cc(Cl)cn2)c(C)s1. The lowest BCUT2D eigenvalue weighted by molar-refractivity contribution is 0.685. The van der Waals surface area contributed by atoms with Crippen LogP contribution in [0.1, 0.15) is 15.3 Å². The van der Waals surface area contributed by atoms with Crippen LogP contribution >= 0.6 is 22.9 Å². The molecule has 0 bridgehead atoms. The van der Waals surface area contributed by atoms with Gasteiger partial charge in [0.15, 0.2) is 0 Å². The van der Waals surface area contributed by atoms with Crippen molar-refractivity contribution in [3.63, 3.8) is 0 Å². The molecule has 0 aliphatic rings. The van der Waals surface area contributed by atoms with Gasteiger partial charge in [0.05, 0.1) is 17.8 Å². The second kappa shape index (κ2) is 4.99. The summed E-state index contributed by atoms with van der Waals surface area (Å²) < 4.78 is 1.86. The van der Waals surface area contributed by atoms with E-state index >= 15 is 0 Å². The molecular weight excluding hydrogens is 242 g/mol. The van der Waals surface area contributed by atoms with Gasteiger partial charge in [0.2, 0.25) is 0 Å². The largest absolute Gasteiger partial charge is 0.315 e. The molecule has 3 nitrogen and oxygen atoms in total. The van der Waals surface area contributed by atoms with Crippen molar-refractivity contribution in [3.8, 4) is 0 Å². The zero-order valence-electron chi connectivity index (χ0n) is 9.33. The van der Waals surface area contributed by atoms with Crippen molar-refractivity contribution >= 4 is 22.9 Å². The molecular formula is C11H14ClN3S. The van der Waals surface area contributed by atoms with Crippen molar-refractivity contribution in [2.24, 2.45) is 0 Å². The molecule has 5 heteroatoms. The fourth-order valence-electron chi connectivity index (χ4n) is 1.61. The molecule has 86 valence electrons. The predicted molar refractivity (Wildman–Crippen MR) is 68.2 cm³/mol. The fourth-order valence-corrected chi connectivity index (χ4v) is 2.83. The summed E-state index contributed by atoms with van der Waals surface area (Å²) >= 11 is 7.66. The highest BCUT2D eigenvalue weighted by Crippen LogP contribution is 2.22. The molecule has 0 aliphatic heterocycles. The lowest BCUT2D eigenvalue weighted by atomic mass is 10.2. The Balaban J connectivity index is 2.14. The van der Waals surface area contributed by atoms with E-state index in [1.807, 2.05) is 29.3 Å². The Morgan fingerprint density at radius 2 is 2.38 bits per heavy atom. The highest BCUT2D eigenvalue weighted by atomic mass is 35.5. The average Bonchev–Trinajstić information content (AvgIpc) is 2.76. The molecule has 0 spiro atoms. The lowest BCUT2D eigenvalue weighted by Gasteiger charge is -1.99. The van der Waals surface area contributed by atoms with Gasteiger partial charge in [-0.2, -0.15) is 5.10 Å². The van der Waals surface area contributed by atoms with Gasteiger partial charge in [-0.05, 0) is 25.6 Å². The Bertz CT molecular complexity index is 475. The molecule has 0 atom stereocenters. The maximum Gasteiger partial charge on any atom is 0.0785 e. The van der Waals surface area contributed by atoms with Crippen molar-refractivity contribution in [3.05, 3.63) is 38.8 Å². The van der Waals surface area contributed by atoms with Gasteiger partial charge in [-0.1, -0.05) is 11.6 Å². The van der Waals surface area contributed by atoms with E-state index in [1.165, 1.54) is 15.3 Å². The summed E-state index contributed by atoms with van der Waals surface area (Å²) in [6.45, 7) is 3.86. The van der Waals surface area contributed by atoms with E-state index in [1.54, 1.807) is 6.20 Å². The van der Waals surface area contributed by atoms with E-state index in [0.717, 1.165) is 13.1 Å². The van der Waals surface area contributed by atoms with Crippen LogP contribution in [0.5, 0.6) is 0 Å². The van der Waals surface area contributed by atoms with Crippen molar-refractivity contribution < 1.29 is 0 Å². The maximum atomic E-state index is 5.83. The van der Waals surface area contributed by atoms with Crippen LogP contribution in [0.2, 0.25) is 5.02 Å². The van der Waals surface area contributed by atoms with Gasteiger partial charge in [0.25, 0.3) is 0 Å². The number of nitrogens with zero attached hydrogens (tertiary/aromatic N) is 2. The lowest BCUT2D eigenvalue weighted by Crippen LogP contribution is -2.03. The van der Waals surface area contributed by atoms with Crippen LogP contribution in [0.25, 0.3) is 0 Å². The molecule has 0 unspecified atom stereocenters. The Hall–Kier alpha value is -0.840. The first-order valence-electron chi connectivity index (χ1n) is 5.10. The third-order valence-corrected chi connectivity index (χ3v) is 3.64. The van der Waals surface area contributed by atoms with E-state index in [2.05, 4.69) is 23.4 Å². The summed E-state index contributed by atoms with van der Waals surface area (Å²) in [4.78, 5) is 2.70. The number of hydrogen-bond acceptors (Lipinski definition) is 3. The van der Waals surface area contributed by atoms with E-state index in [0.29, 0.717) is 5.02 Å². The van der Waals surface area contributed by atoms with Gasteiger partial charge in [0.1, 0.15) is 0 Å². The molecule has 2 heterocycles. The van der Waals surface area contributed by atoms with Gasteiger partial charge in [-0.3, -0.25) is 4.68 Å². The molecule has 0 amide bonds. The number of thiophene rings is 1. The fraction of sp³-hybridized carbons (Fsp3) is 0.364. The van der Waals surface area contributed by atoms with E-state index in [9.17, 15) is 0 Å². The molecule has 2 rings (SSSR count). The summed E-state index contributed by atoms with van der Waals surface area (Å²) in [6.07, 6.45) is 3.51. The highest BCUT2D eigenvalue weighted by molar-refractivity contribution is 7.12. The van der Waals surface area contributed by atoms with Crippen molar-refractivity contribution in [1.82, 2.24) is 15.1 Å². The van der Waals surface area contributed by atoms with Gasteiger partial charge < -0.3 is 5.32 Å². The maximum absolute atomic E-state index is 5.83. The first-order valence-corrected chi connectivity index (χ1v) is 6.29. The summed E-state index contributed by atoms with van der Waals surface area (Å²) in [7, 11) is 1.96. The molecule has 0 saturated carbocycles. The minimum atomic E-state index is 0.684. The number of hydrogen-bond donors (Lipinski definition) is 1. The second-order valence-electron chi connectivity index (χ2n) is 3.68. The van der Waals surface area contributed by atoms with Crippen molar-refractivity contribution in [1.29, 1.82) is 0 Å². The minimum absolute atomic E-state index is 0.684. The predicted octanol–water partition coefficient (Wildman–Crippen LogP) is 2.67. The third kappa shape index (κ3) is 2.64. The topological polar surface area (TPSA) is 29.9 Å². The number of rotatable bonds is 4. The van der Waals surface area contributed by atoms with Crippen molar-refractivity contribution in [2.45, 2.75) is 20.0 Å². The van der Waals surface area contributed by atoms with Crippen molar-refractivity contribution in [2.75, 3.05) is 7.05 Å². The highest BCUT2D eigenvalue weighted by Gasteiger charge is 2.06. The first-order chi connectivity index (χ1) is 7.69. The molecule has 0 fully saturated rings. The molecule has 1 N–H and O–H groups in total. The van der Waals surface area contributed by atoms with Gasteiger partial charge in [0, 0.05) is 22.5 Å². The van der Waals surface area contributed by atoms with Crippen LogP contribution in [0.4, 0.5) is 0 Å². The van der Waals surface area contributed by atoms with Gasteiger partial charge in [-0.15, -0.1) is 11.3 Å². The molecule has 2 aromatic heterocycles. The molecule has 0 aromatic carbocycles. The summed E-state index contributed by atoms with van der Waals surface area (Å²) in [5, 5.41) is 8.02. The Morgan fingerprint density at radius 3 is 3.00 bits per heavy atom. The number of aryl methyl sites for hydroxylation is 1. The number of aromatic nitrogens is 2. The average molecular weight is 256 g/mol. The summed E-state index contributed by atoms with van der Waals surface area (Å²) in [6, 6.07) is 2.23. The van der Waals surface area contributed by atoms with Crippen LogP contribution in [-0.4, -0.2) is 16.8 Å². The zero-order valence-corrected chi connectivity index (χ0v) is 10.9. The standard InChI is InChI=1S/C11H14ClN3S/c1-8-9(3-11(16-8)5-13-2)6-15-7-10(12)4-14-15/h3-4,7,13H,5-6H2,1-2H3. The van der Waals surface area contributed by atoms with Gasteiger partial charge in [-0.25, -0.2) is 0 Å². The molecule has 2 aromatic rings. The smallest absolute Gasteiger partial charge is 0.0785 e. The third-order valence-electron chi connectivity index (χ3n) is 2.36. The van der Waals surface area contributed by atoms with Gasteiger partial charge >= 0.3 is 0 Å². The van der Waals surface area contributed by atoms with E-state index in [-0.39, 0.29) is 0 Å². The summed E-state index contributed by atoms with van der Waals surface area (Å²) in [5.74, 6) is 0. The minimum Gasteiger partial charge on any atom is -0.315 e. The van der Waals surface area contributed by atoms with Crippen LogP contribution in [-0.2, 0) is 13.1 Å². The van der Waals surface area contributed by atoms with E-state index in [4.69, 9.17) is 11.6 Å². The first kappa shape index (κ1) is 11.6. The Labute approximate surface area is 104 Å². The van der Waals surface area contributed by atoms with Crippen LogP contribution in [0.3, 0.4) is 0 Å². The van der Waals surface area contributed by atoms with E-state index < -0.39 is 0 Å². The second-order valence-corrected chi connectivity index (χ2v) is 5.46. The number of nitrogens with one attached hydrogen (secondary N) is 1. The number of halogens is 1.